The molecule has 18 heavy (non-hydrogen) atoms. The first kappa shape index (κ1) is 16.1. The lowest BCUT2D eigenvalue weighted by Crippen LogP contribution is -2.48. The number of rotatable bonds is 6. The molecule has 0 radical (unpaired) electrons. The normalized spacial score (nSPS) is 12.4. The highest BCUT2D eigenvalue weighted by molar-refractivity contribution is 6.02. The third-order valence-corrected chi connectivity index (χ3v) is 2.08. The summed E-state index contributed by atoms with van der Waals surface area (Å²) in [6.07, 6.45) is 1.42. The number of aliphatic carboxylic acids is 1. The lowest BCUT2D eigenvalue weighted by atomic mass is 10.1. The van der Waals surface area contributed by atoms with Gasteiger partial charge < -0.3 is 15.2 Å². The molecule has 3 N–H and O–H groups in total. The van der Waals surface area contributed by atoms with Gasteiger partial charge in [0.1, 0.15) is 0 Å². The Bertz CT molecular complexity index is 338. The average molecular weight is 258 g/mol. The number of urea groups is 1. The molecule has 0 aliphatic rings. The zero-order chi connectivity index (χ0) is 14.1. The van der Waals surface area contributed by atoms with E-state index in [1.807, 2.05) is 19.2 Å². The largest absolute Gasteiger partial charge is 0.478 e. The quantitative estimate of drug-likeness (QED) is 0.587. The second-order valence-corrected chi connectivity index (χ2v) is 3.94. The van der Waals surface area contributed by atoms with Crippen LogP contribution < -0.4 is 10.6 Å². The third-order valence-electron chi connectivity index (χ3n) is 2.08. The van der Waals surface area contributed by atoms with E-state index in [0.29, 0.717) is 12.7 Å². The maximum absolute atomic E-state index is 11.4. The highest BCUT2D eigenvalue weighted by Crippen LogP contribution is 2.01. The molecule has 1 atom stereocenters. The van der Waals surface area contributed by atoms with E-state index in [9.17, 15) is 14.4 Å². The van der Waals surface area contributed by atoms with Crippen LogP contribution in [0.4, 0.5) is 4.79 Å². The number of imide groups is 1. The van der Waals surface area contributed by atoms with Gasteiger partial charge in [-0.1, -0.05) is 13.8 Å². The van der Waals surface area contributed by atoms with Crippen LogP contribution in [0.3, 0.4) is 0 Å². The van der Waals surface area contributed by atoms with Crippen LogP contribution in [0.15, 0.2) is 12.2 Å². The Morgan fingerprint density at radius 2 is 1.89 bits per heavy atom. The molecule has 0 fully saturated rings. The fourth-order valence-electron chi connectivity index (χ4n) is 1.09. The van der Waals surface area contributed by atoms with E-state index in [2.05, 4.69) is 5.32 Å². The number of nitrogens with one attached hydrogen (secondary N) is 2. The van der Waals surface area contributed by atoms with Gasteiger partial charge in [-0.2, -0.15) is 0 Å². The Morgan fingerprint density at radius 3 is 2.33 bits per heavy atom. The van der Waals surface area contributed by atoms with Crippen molar-refractivity contribution in [2.45, 2.75) is 19.9 Å². The summed E-state index contributed by atoms with van der Waals surface area (Å²) in [7, 11) is 1.51. The van der Waals surface area contributed by atoms with Gasteiger partial charge in [-0.25, -0.2) is 9.59 Å². The third kappa shape index (κ3) is 7.39. The number of carboxylic acid groups (broad SMARTS) is 1. The second-order valence-electron chi connectivity index (χ2n) is 3.94. The Hall–Kier alpha value is -1.89. The molecule has 7 nitrogen and oxygen atoms in total. The summed E-state index contributed by atoms with van der Waals surface area (Å²) in [6, 6.07) is -0.919. The number of hydrogen-bond donors (Lipinski definition) is 3. The first-order chi connectivity index (χ1) is 8.36. The first-order valence-electron chi connectivity index (χ1n) is 5.38. The van der Waals surface area contributed by atoms with Gasteiger partial charge in [-0.3, -0.25) is 10.1 Å². The molecule has 0 heterocycles. The van der Waals surface area contributed by atoms with Crippen LogP contribution in [-0.2, 0) is 14.3 Å². The maximum atomic E-state index is 11.4. The molecule has 0 aromatic carbocycles. The number of hydrogen-bond acceptors (Lipinski definition) is 4. The number of carboxylic acids is 1. The van der Waals surface area contributed by atoms with Crippen LogP contribution in [0.5, 0.6) is 0 Å². The molecular formula is C11H18N2O5. The van der Waals surface area contributed by atoms with E-state index in [4.69, 9.17) is 9.84 Å². The molecule has 0 rings (SSSR count). The van der Waals surface area contributed by atoms with E-state index in [0.717, 1.165) is 6.08 Å². The van der Waals surface area contributed by atoms with Crippen LogP contribution in [-0.4, -0.2) is 42.8 Å². The molecule has 102 valence electrons. The van der Waals surface area contributed by atoms with Crippen LogP contribution in [0.2, 0.25) is 0 Å². The summed E-state index contributed by atoms with van der Waals surface area (Å²) in [4.78, 5) is 32.7. The fourth-order valence-corrected chi connectivity index (χ4v) is 1.09. The Labute approximate surface area is 105 Å². The monoisotopic (exact) mass is 258 g/mol. The van der Waals surface area contributed by atoms with Crippen molar-refractivity contribution in [2.24, 2.45) is 5.92 Å². The molecule has 0 aromatic rings. The Morgan fingerprint density at radius 1 is 1.28 bits per heavy atom. The van der Waals surface area contributed by atoms with Gasteiger partial charge >= 0.3 is 12.0 Å². The second kappa shape index (κ2) is 8.24. The molecule has 0 aliphatic carbocycles. The zero-order valence-electron chi connectivity index (χ0n) is 10.6. The Kier molecular flexibility index (Phi) is 7.37. The summed E-state index contributed by atoms with van der Waals surface area (Å²) in [5.74, 6) is -1.92. The van der Waals surface area contributed by atoms with Gasteiger partial charge in [-0.15, -0.1) is 0 Å². The maximum Gasteiger partial charge on any atom is 0.328 e. The van der Waals surface area contributed by atoms with Crippen molar-refractivity contribution in [2.75, 3.05) is 13.7 Å². The molecule has 3 amide bonds. The lowest BCUT2D eigenvalue weighted by molar-refractivity contribution is -0.131. The van der Waals surface area contributed by atoms with Crippen molar-refractivity contribution in [3.63, 3.8) is 0 Å². The number of carbonyl (C=O) groups excluding carboxylic acids is 2. The number of carbonyl (C=O) groups is 3. The minimum atomic E-state index is -1.26. The van der Waals surface area contributed by atoms with Crippen LogP contribution >= 0.6 is 0 Å². The van der Waals surface area contributed by atoms with Crippen LogP contribution in [0, 0.1) is 5.92 Å². The minimum Gasteiger partial charge on any atom is -0.478 e. The van der Waals surface area contributed by atoms with Crippen molar-refractivity contribution in [3.8, 4) is 0 Å². The molecule has 7 heteroatoms. The van der Waals surface area contributed by atoms with Gasteiger partial charge in [0.25, 0.3) is 5.91 Å². The fraction of sp³-hybridized carbons (Fsp3) is 0.545. The molecule has 0 aliphatic heterocycles. The van der Waals surface area contributed by atoms with E-state index in [1.165, 1.54) is 7.11 Å². The first-order valence-corrected chi connectivity index (χ1v) is 5.38. The number of amides is 3. The predicted octanol–water partition coefficient (Wildman–Crippen LogP) is 0.124. The van der Waals surface area contributed by atoms with E-state index in [1.54, 1.807) is 0 Å². The highest BCUT2D eigenvalue weighted by atomic mass is 16.5. The van der Waals surface area contributed by atoms with Crippen molar-refractivity contribution < 1.29 is 24.2 Å². The molecular weight excluding hydrogens is 240 g/mol. The van der Waals surface area contributed by atoms with Crippen molar-refractivity contribution in [1.82, 2.24) is 10.6 Å². The average Bonchev–Trinajstić information content (AvgIpc) is 2.25. The number of ether oxygens (including phenoxy) is 1. The van der Waals surface area contributed by atoms with Gasteiger partial charge in [0.2, 0.25) is 0 Å². The van der Waals surface area contributed by atoms with Crippen molar-refractivity contribution >= 4 is 17.9 Å². The van der Waals surface area contributed by atoms with E-state index < -0.39 is 17.9 Å². The van der Waals surface area contributed by atoms with Crippen LogP contribution in [0.25, 0.3) is 0 Å². The van der Waals surface area contributed by atoms with E-state index >= 15 is 0 Å². The topological polar surface area (TPSA) is 105 Å². The van der Waals surface area contributed by atoms with Gasteiger partial charge in [0, 0.05) is 19.3 Å². The smallest absolute Gasteiger partial charge is 0.328 e. The Balaban J connectivity index is 4.24. The molecule has 0 aromatic heterocycles. The van der Waals surface area contributed by atoms with Crippen molar-refractivity contribution in [1.29, 1.82) is 0 Å². The number of methoxy groups -OCH3 is 1. The zero-order valence-corrected chi connectivity index (χ0v) is 10.6. The van der Waals surface area contributed by atoms with Crippen molar-refractivity contribution in [3.05, 3.63) is 12.2 Å². The van der Waals surface area contributed by atoms with Crippen LogP contribution in [0.1, 0.15) is 13.8 Å². The molecule has 0 saturated heterocycles. The summed E-state index contributed by atoms with van der Waals surface area (Å²) < 4.78 is 4.93. The standard InChI is InChI=1S/C11H18N2O5/c1-7(2)8(6-18-3)12-11(17)13-9(14)4-5-10(15)16/h4-5,7-8H,6H2,1-3H3,(H,15,16)(H2,12,13,14,17). The minimum absolute atomic E-state index is 0.139. The molecule has 0 bridgehead atoms. The van der Waals surface area contributed by atoms with Gasteiger partial charge in [0.05, 0.1) is 12.6 Å². The molecule has 0 saturated carbocycles. The van der Waals surface area contributed by atoms with Gasteiger partial charge in [-0.05, 0) is 5.92 Å². The predicted molar refractivity (Wildman–Crippen MR) is 64.0 cm³/mol. The molecule has 0 spiro atoms. The summed E-state index contributed by atoms with van der Waals surface area (Å²) >= 11 is 0. The summed E-state index contributed by atoms with van der Waals surface area (Å²) in [5, 5.41) is 12.8. The molecule has 1 unspecified atom stereocenters. The SMILES string of the molecule is COCC(NC(=O)NC(=O)C=CC(=O)O)C(C)C. The summed E-state index contributed by atoms with van der Waals surface area (Å²) in [6.45, 7) is 4.12. The summed E-state index contributed by atoms with van der Waals surface area (Å²) in [5.41, 5.74) is 0. The van der Waals surface area contributed by atoms with Gasteiger partial charge in [0.15, 0.2) is 0 Å². The van der Waals surface area contributed by atoms with E-state index in [-0.39, 0.29) is 12.0 Å². The highest BCUT2D eigenvalue weighted by Gasteiger charge is 2.16. The lowest BCUT2D eigenvalue weighted by Gasteiger charge is -2.21.